The van der Waals surface area contributed by atoms with E-state index in [0.717, 1.165) is 5.56 Å². The molecule has 24 heavy (non-hydrogen) atoms. The molecule has 1 aromatic heterocycles. The number of carbonyl (C=O) groups excluding carboxylic acids is 1. The van der Waals surface area contributed by atoms with Gasteiger partial charge in [-0.15, -0.1) is 0 Å². The van der Waals surface area contributed by atoms with E-state index < -0.39 is 0 Å². The maximum absolute atomic E-state index is 11.6. The van der Waals surface area contributed by atoms with Crippen LogP contribution in [0.1, 0.15) is 5.56 Å². The number of aromatic nitrogens is 2. The van der Waals surface area contributed by atoms with E-state index in [4.69, 9.17) is 21.1 Å². The van der Waals surface area contributed by atoms with Crippen LogP contribution in [0, 0.1) is 0 Å². The van der Waals surface area contributed by atoms with Gasteiger partial charge in [0.2, 0.25) is 5.88 Å². The second-order valence-corrected chi connectivity index (χ2v) is 5.67. The van der Waals surface area contributed by atoms with Crippen LogP contribution in [0.25, 0.3) is 11.0 Å². The second-order valence-electron chi connectivity index (χ2n) is 5.24. The molecule has 122 valence electrons. The summed E-state index contributed by atoms with van der Waals surface area (Å²) in [5, 5.41) is 0.615. The Bertz CT molecular complexity index is 866. The van der Waals surface area contributed by atoms with Gasteiger partial charge in [-0.25, -0.2) is 9.97 Å². The van der Waals surface area contributed by atoms with Crippen LogP contribution in [0.4, 0.5) is 0 Å². The number of Topliss-reactive ketones (excluding diaryl/α,β-unsaturated/α-hetero) is 1. The van der Waals surface area contributed by atoms with Crippen molar-refractivity contribution in [3.8, 4) is 11.6 Å². The summed E-state index contributed by atoms with van der Waals surface area (Å²) in [6.45, 7) is 0.120. The van der Waals surface area contributed by atoms with E-state index in [0.29, 0.717) is 34.1 Å². The monoisotopic (exact) mass is 342 g/mol. The molecule has 0 spiro atoms. The highest BCUT2D eigenvalue weighted by atomic mass is 35.5. The van der Waals surface area contributed by atoms with Gasteiger partial charge in [0.15, 0.2) is 5.78 Å². The van der Waals surface area contributed by atoms with E-state index >= 15 is 0 Å². The standard InChI is InChI=1S/C18H15ClN2O3/c1-23-11-14(22)8-12-2-5-15(6-3-12)24-18-10-20-17-9-13(19)4-7-16(17)21-18/h2-7,9-10H,8,11H2,1H3. The Kier molecular flexibility index (Phi) is 5.03. The molecule has 0 unspecified atom stereocenters. The number of ether oxygens (including phenoxy) is 2. The fourth-order valence-electron chi connectivity index (χ4n) is 2.25. The number of benzene rings is 2. The molecule has 0 N–H and O–H groups in total. The average Bonchev–Trinajstić information content (AvgIpc) is 2.57. The first-order valence-corrected chi connectivity index (χ1v) is 7.71. The minimum absolute atomic E-state index is 0.0326. The Morgan fingerprint density at radius 3 is 2.67 bits per heavy atom. The van der Waals surface area contributed by atoms with E-state index in [1.807, 2.05) is 12.1 Å². The lowest BCUT2D eigenvalue weighted by Gasteiger charge is -2.06. The summed E-state index contributed by atoms with van der Waals surface area (Å²) in [5.41, 5.74) is 2.32. The van der Waals surface area contributed by atoms with Gasteiger partial charge in [0.25, 0.3) is 0 Å². The number of hydrogen-bond acceptors (Lipinski definition) is 5. The zero-order valence-electron chi connectivity index (χ0n) is 13.0. The van der Waals surface area contributed by atoms with Crippen LogP contribution in [-0.2, 0) is 16.0 Å². The molecule has 0 atom stereocenters. The lowest BCUT2D eigenvalue weighted by molar-refractivity contribution is -0.121. The smallest absolute Gasteiger partial charge is 0.238 e. The number of carbonyl (C=O) groups is 1. The van der Waals surface area contributed by atoms with Crippen LogP contribution in [0.3, 0.4) is 0 Å². The lowest BCUT2D eigenvalue weighted by Crippen LogP contribution is -2.09. The van der Waals surface area contributed by atoms with Crippen LogP contribution in [0.2, 0.25) is 5.02 Å². The number of methoxy groups -OCH3 is 1. The van der Waals surface area contributed by atoms with Crippen molar-refractivity contribution in [2.75, 3.05) is 13.7 Å². The first-order valence-electron chi connectivity index (χ1n) is 7.34. The quantitative estimate of drug-likeness (QED) is 0.681. The maximum atomic E-state index is 11.6. The Hall–Kier alpha value is -2.50. The van der Waals surface area contributed by atoms with Crippen molar-refractivity contribution in [3.05, 3.63) is 59.2 Å². The minimum atomic E-state index is 0.0326. The van der Waals surface area contributed by atoms with Gasteiger partial charge in [0.05, 0.1) is 17.2 Å². The van der Waals surface area contributed by atoms with Gasteiger partial charge >= 0.3 is 0 Å². The van der Waals surface area contributed by atoms with Crippen LogP contribution >= 0.6 is 11.6 Å². The number of ketones is 1. The van der Waals surface area contributed by atoms with Crippen LogP contribution in [0.15, 0.2) is 48.7 Å². The summed E-state index contributed by atoms with van der Waals surface area (Å²) in [5.74, 6) is 1.05. The first-order chi connectivity index (χ1) is 11.6. The SMILES string of the molecule is COCC(=O)Cc1ccc(Oc2cnc3cc(Cl)ccc3n2)cc1. The molecule has 6 heteroatoms. The lowest BCUT2D eigenvalue weighted by atomic mass is 10.1. The molecule has 0 saturated carbocycles. The molecule has 1 heterocycles. The largest absolute Gasteiger partial charge is 0.437 e. The summed E-state index contributed by atoms with van der Waals surface area (Å²) in [7, 11) is 1.51. The van der Waals surface area contributed by atoms with E-state index in [1.54, 1.807) is 36.5 Å². The van der Waals surface area contributed by atoms with Crippen molar-refractivity contribution in [2.24, 2.45) is 0 Å². The Balaban J connectivity index is 1.71. The van der Waals surface area contributed by atoms with E-state index in [9.17, 15) is 4.79 Å². The predicted octanol–water partition coefficient (Wildman–Crippen LogP) is 3.83. The zero-order chi connectivity index (χ0) is 16.9. The molecule has 2 aromatic carbocycles. The maximum Gasteiger partial charge on any atom is 0.238 e. The summed E-state index contributed by atoms with van der Waals surface area (Å²) < 4.78 is 10.5. The second kappa shape index (κ2) is 7.38. The number of halogens is 1. The van der Waals surface area contributed by atoms with Gasteiger partial charge in [0, 0.05) is 18.6 Å². The molecular formula is C18H15ClN2O3. The van der Waals surface area contributed by atoms with Crippen molar-refractivity contribution in [3.63, 3.8) is 0 Å². The molecule has 0 aliphatic heterocycles. The summed E-state index contributed by atoms with van der Waals surface area (Å²) in [6, 6.07) is 12.6. The third kappa shape index (κ3) is 4.07. The van der Waals surface area contributed by atoms with Gasteiger partial charge in [-0.1, -0.05) is 23.7 Å². The highest BCUT2D eigenvalue weighted by Crippen LogP contribution is 2.23. The summed E-state index contributed by atoms with van der Waals surface area (Å²) in [4.78, 5) is 20.2. The zero-order valence-corrected chi connectivity index (χ0v) is 13.8. The Morgan fingerprint density at radius 2 is 1.92 bits per heavy atom. The van der Waals surface area contributed by atoms with Gasteiger partial charge in [-0.05, 0) is 35.9 Å². The third-order valence-corrected chi connectivity index (χ3v) is 3.57. The molecule has 3 rings (SSSR count). The highest BCUT2D eigenvalue weighted by Gasteiger charge is 2.06. The van der Waals surface area contributed by atoms with Gasteiger partial charge in [-0.2, -0.15) is 0 Å². The molecule has 0 aliphatic carbocycles. The number of rotatable bonds is 6. The molecule has 0 saturated heterocycles. The highest BCUT2D eigenvalue weighted by molar-refractivity contribution is 6.31. The van der Waals surface area contributed by atoms with Crippen molar-refractivity contribution in [2.45, 2.75) is 6.42 Å². The molecule has 0 aliphatic rings. The molecular weight excluding hydrogens is 328 g/mol. The molecule has 0 amide bonds. The van der Waals surface area contributed by atoms with E-state index in [1.165, 1.54) is 7.11 Å². The van der Waals surface area contributed by atoms with Crippen molar-refractivity contribution < 1.29 is 14.3 Å². The van der Waals surface area contributed by atoms with Crippen molar-refractivity contribution in [1.29, 1.82) is 0 Å². The first kappa shape index (κ1) is 16.4. The van der Waals surface area contributed by atoms with E-state index in [2.05, 4.69) is 9.97 Å². The normalized spacial score (nSPS) is 10.8. The van der Waals surface area contributed by atoms with Crippen LogP contribution in [-0.4, -0.2) is 29.5 Å². The molecule has 0 fully saturated rings. The average molecular weight is 343 g/mol. The molecule has 3 aromatic rings. The Morgan fingerprint density at radius 1 is 1.12 bits per heavy atom. The number of fused-ring (bicyclic) bond motifs is 1. The predicted molar refractivity (Wildman–Crippen MR) is 91.7 cm³/mol. The van der Waals surface area contributed by atoms with E-state index in [-0.39, 0.29) is 12.4 Å². The fourth-order valence-corrected chi connectivity index (χ4v) is 2.42. The minimum Gasteiger partial charge on any atom is -0.437 e. The van der Waals surface area contributed by atoms with Crippen LogP contribution in [0.5, 0.6) is 11.6 Å². The summed E-state index contributed by atoms with van der Waals surface area (Å²) in [6.07, 6.45) is 1.89. The number of nitrogens with zero attached hydrogens (tertiary/aromatic N) is 2. The third-order valence-electron chi connectivity index (χ3n) is 3.33. The molecule has 0 bridgehead atoms. The van der Waals surface area contributed by atoms with Crippen LogP contribution < -0.4 is 4.74 Å². The van der Waals surface area contributed by atoms with Crippen molar-refractivity contribution in [1.82, 2.24) is 9.97 Å². The molecule has 0 radical (unpaired) electrons. The van der Waals surface area contributed by atoms with Gasteiger partial charge in [-0.3, -0.25) is 4.79 Å². The Labute approximate surface area is 144 Å². The summed E-state index contributed by atoms with van der Waals surface area (Å²) >= 11 is 5.93. The topological polar surface area (TPSA) is 61.3 Å². The number of hydrogen-bond donors (Lipinski definition) is 0. The van der Waals surface area contributed by atoms with Gasteiger partial charge in [0.1, 0.15) is 12.4 Å². The van der Waals surface area contributed by atoms with Gasteiger partial charge < -0.3 is 9.47 Å². The fraction of sp³-hybridized carbons (Fsp3) is 0.167. The molecule has 5 nitrogen and oxygen atoms in total. The van der Waals surface area contributed by atoms with Crippen molar-refractivity contribution >= 4 is 28.4 Å².